The number of ether oxygens (including phenoxy) is 1. The van der Waals surface area contributed by atoms with Crippen LogP contribution >= 0.6 is 11.6 Å². The molecule has 1 atom stereocenters. The summed E-state index contributed by atoms with van der Waals surface area (Å²) in [6, 6.07) is 3.53. The SMILES string of the molecule is C[C@H](Nc1ncnc2c(C(F)(F)F)cc(Cl)cc12)c1ncnn1-c1cc(N2CCOCC2)ncn1. The third-order valence-electron chi connectivity index (χ3n) is 5.51. The van der Waals surface area contributed by atoms with Crippen molar-refractivity contribution in [1.29, 1.82) is 0 Å². The van der Waals surface area contributed by atoms with Crippen LogP contribution in [0.25, 0.3) is 16.7 Å². The molecular weight excluding hydrogens is 487 g/mol. The summed E-state index contributed by atoms with van der Waals surface area (Å²) in [4.78, 5) is 23.1. The van der Waals surface area contributed by atoms with Crippen molar-refractivity contribution in [2.24, 2.45) is 0 Å². The van der Waals surface area contributed by atoms with Crippen molar-refractivity contribution in [3.8, 4) is 5.82 Å². The second kappa shape index (κ2) is 9.23. The third kappa shape index (κ3) is 4.68. The molecule has 5 rings (SSSR count). The number of morpholine rings is 1. The highest BCUT2D eigenvalue weighted by Gasteiger charge is 2.34. The standard InChI is InChI=1S/C21H19ClF3N9O/c1-12(32-19-14-6-13(22)7-15(21(23,24)25)18(14)28-10-29-19)20-30-11-31-34(20)17-8-16(26-9-27-17)33-2-4-35-5-3-33/h6-12H,2-5H2,1H3,(H,28,29,32)/t12-/m0/s1. The lowest BCUT2D eigenvalue weighted by Crippen LogP contribution is -2.36. The van der Waals surface area contributed by atoms with E-state index < -0.39 is 17.8 Å². The zero-order valence-corrected chi connectivity index (χ0v) is 19.1. The van der Waals surface area contributed by atoms with Gasteiger partial charge in [-0.2, -0.15) is 23.0 Å². The molecule has 0 unspecified atom stereocenters. The molecule has 1 aliphatic rings. The van der Waals surface area contributed by atoms with Crippen LogP contribution in [-0.4, -0.2) is 61.0 Å². The molecule has 0 bridgehead atoms. The van der Waals surface area contributed by atoms with Gasteiger partial charge in [0.1, 0.15) is 30.6 Å². The van der Waals surface area contributed by atoms with Crippen LogP contribution in [0.4, 0.5) is 24.8 Å². The Bertz CT molecular complexity index is 1360. The number of alkyl halides is 3. The Morgan fingerprint density at radius 1 is 0.971 bits per heavy atom. The van der Waals surface area contributed by atoms with Crippen molar-refractivity contribution in [3.05, 3.63) is 53.6 Å². The van der Waals surface area contributed by atoms with E-state index in [9.17, 15) is 13.2 Å². The van der Waals surface area contributed by atoms with E-state index in [1.807, 2.05) is 0 Å². The summed E-state index contributed by atoms with van der Waals surface area (Å²) in [6.07, 6.45) is -0.723. The summed E-state index contributed by atoms with van der Waals surface area (Å²) < 4.78 is 47.6. The van der Waals surface area contributed by atoms with Crippen LogP contribution in [0.2, 0.25) is 5.02 Å². The Morgan fingerprint density at radius 2 is 1.71 bits per heavy atom. The monoisotopic (exact) mass is 505 g/mol. The Labute approximate surface area is 202 Å². The average molecular weight is 506 g/mol. The Hall–Kier alpha value is -3.58. The fraction of sp³-hybridized carbons (Fsp3) is 0.333. The van der Waals surface area contributed by atoms with E-state index in [0.717, 1.165) is 18.2 Å². The van der Waals surface area contributed by atoms with Crippen molar-refractivity contribution in [3.63, 3.8) is 0 Å². The van der Waals surface area contributed by atoms with Crippen LogP contribution < -0.4 is 10.2 Å². The largest absolute Gasteiger partial charge is 0.418 e. The number of nitrogens with zero attached hydrogens (tertiary/aromatic N) is 8. The number of nitrogens with one attached hydrogen (secondary N) is 1. The van der Waals surface area contributed by atoms with Gasteiger partial charge in [0.2, 0.25) is 0 Å². The number of rotatable bonds is 5. The summed E-state index contributed by atoms with van der Waals surface area (Å²) in [7, 11) is 0. The Balaban J connectivity index is 1.47. The van der Waals surface area contributed by atoms with Crippen LogP contribution in [0.1, 0.15) is 24.4 Å². The minimum absolute atomic E-state index is 0.0740. The van der Waals surface area contributed by atoms with Gasteiger partial charge in [-0.1, -0.05) is 11.6 Å². The summed E-state index contributed by atoms with van der Waals surface area (Å²) in [5.41, 5.74) is -1.18. The third-order valence-corrected chi connectivity index (χ3v) is 5.73. The van der Waals surface area contributed by atoms with E-state index >= 15 is 0 Å². The van der Waals surface area contributed by atoms with Gasteiger partial charge in [-0.15, -0.1) is 0 Å². The number of anilines is 2. The second-order valence-electron chi connectivity index (χ2n) is 7.80. The minimum Gasteiger partial charge on any atom is -0.378 e. The lowest BCUT2D eigenvalue weighted by molar-refractivity contribution is -0.136. The quantitative estimate of drug-likeness (QED) is 0.434. The van der Waals surface area contributed by atoms with Gasteiger partial charge in [-0.25, -0.2) is 24.9 Å². The lowest BCUT2D eigenvalue weighted by Gasteiger charge is -2.27. The molecule has 4 heterocycles. The van der Waals surface area contributed by atoms with E-state index in [-0.39, 0.29) is 21.7 Å². The van der Waals surface area contributed by atoms with Crippen LogP contribution in [0.15, 0.2) is 37.2 Å². The van der Waals surface area contributed by atoms with E-state index in [2.05, 4.69) is 40.2 Å². The van der Waals surface area contributed by atoms with Gasteiger partial charge in [-0.3, -0.25) is 0 Å². The van der Waals surface area contributed by atoms with Crippen molar-refractivity contribution < 1.29 is 17.9 Å². The minimum atomic E-state index is -4.62. The first-order valence-corrected chi connectivity index (χ1v) is 11.0. The first-order valence-electron chi connectivity index (χ1n) is 10.6. The molecule has 182 valence electrons. The van der Waals surface area contributed by atoms with E-state index in [0.29, 0.717) is 37.9 Å². The molecule has 1 fully saturated rings. The molecule has 1 aliphatic heterocycles. The molecule has 14 heteroatoms. The van der Waals surface area contributed by atoms with Gasteiger partial charge >= 0.3 is 6.18 Å². The Morgan fingerprint density at radius 3 is 2.49 bits per heavy atom. The van der Waals surface area contributed by atoms with Crippen molar-refractivity contribution in [1.82, 2.24) is 34.7 Å². The van der Waals surface area contributed by atoms with Gasteiger partial charge in [0.05, 0.1) is 30.3 Å². The van der Waals surface area contributed by atoms with Crippen LogP contribution in [0.5, 0.6) is 0 Å². The van der Waals surface area contributed by atoms with E-state index in [1.54, 1.807) is 17.7 Å². The number of hydrogen-bond acceptors (Lipinski definition) is 9. The molecule has 1 aromatic carbocycles. The first kappa shape index (κ1) is 23.2. The maximum absolute atomic E-state index is 13.5. The maximum Gasteiger partial charge on any atom is 0.418 e. The average Bonchev–Trinajstić information content (AvgIpc) is 3.34. The van der Waals surface area contributed by atoms with Gasteiger partial charge in [0, 0.05) is 29.6 Å². The van der Waals surface area contributed by atoms with Gasteiger partial charge in [0.15, 0.2) is 11.6 Å². The van der Waals surface area contributed by atoms with Crippen LogP contribution in [0.3, 0.4) is 0 Å². The molecule has 0 spiro atoms. The summed E-state index contributed by atoms with van der Waals surface area (Å²) in [5, 5.41) is 7.46. The van der Waals surface area contributed by atoms with Crippen LogP contribution in [-0.2, 0) is 10.9 Å². The normalized spacial score (nSPS) is 15.4. The summed E-state index contributed by atoms with van der Waals surface area (Å²) in [5.74, 6) is 1.89. The molecule has 4 aromatic rings. The predicted molar refractivity (Wildman–Crippen MR) is 122 cm³/mol. The van der Waals surface area contributed by atoms with Crippen molar-refractivity contribution >= 4 is 34.1 Å². The lowest BCUT2D eigenvalue weighted by atomic mass is 10.1. The van der Waals surface area contributed by atoms with Crippen molar-refractivity contribution in [2.45, 2.75) is 19.1 Å². The fourth-order valence-electron chi connectivity index (χ4n) is 3.87. The second-order valence-corrected chi connectivity index (χ2v) is 8.24. The number of hydrogen-bond donors (Lipinski definition) is 1. The number of fused-ring (bicyclic) bond motifs is 1. The molecule has 0 amide bonds. The Kier molecular flexibility index (Phi) is 6.11. The molecule has 35 heavy (non-hydrogen) atoms. The highest BCUT2D eigenvalue weighted by Crippen LogP contribution is 2.38. The first-order chi connectivity index (χ1) is 16.8. The van der Waals surface area contributed by atoms with E-state index in [1.165, 1.54) is 18.7 Å². The number of aromatic nitrogens is 7. The topological polar surface area (TPSA) is 107 Å². The van der Waals surface area contributed by atoms with Crippen molar-refractivity contribution in [2.75, 3.05) is 36.5 Å². The molecule has 0 saturated carbocycles. The fourth-order valence-corrected chi connectivity index (χ4v) is 4.09. The smallest absolute Gasteiger partial charge is 0.378 e. The summed E-state index contributed by atoms with van der Waals surface area (Å²) >= 11 is 5.99. The number of benzene rings is 1. The molecule has 1 saturated heterocycles. The maximum atomic E-state index is 13.5. The molecule has 0 aliphatic carbocycles. The van der Waals surface area contributed by atoms with Gasteiger partial charge < -0.3 is 15.0 Å². The highest BCUT2D eigenvalue weighted by molar-refractivity contribution is 6.31. The number of halogens is 4. The zero-order valence-electron chi connectivity index (χ0n) is 18.4. The molecular formula is C21H19ClF3N9O. The molecule has 0 radical (unpaired) electrons. The van der Waals surface area contributed by atoms with Gasteiger partial charge in [-0.05, 0) is 19.1 Å². The summed E-state index contributed by atoms with van der Waals surface area (Å²) in [6.45, 7) is 4.43. The van der Waals surface area contributed by atoms with Crippen LogP contribution in [0, 0.1) is 0 Å². The zero-order chi connectivity index (χ0) is 24.6. The molecule has 3 aromatic heterocycles. The molecule has 10 nitrogen and oxygen atoms in total. The predicted octanol–water partition coefficient (Wildman–Crippen LogP) is 3.68. The van der Waals surface area contributed by atoms with Gasteiger partial charge in [0.25, 0.3) is 0 Å². The highest BCUT2D eigenvalue weighted by atomic mass is 35.5. The van der Waals surface area contributed by atoms with E-state index in [4.69, 9.17) is 16.3 Å². The molecule has 1 N–H and O–H groups in total.